The fraction of sp³-hybridized carbons (Fsp3) is 0.684. The lowest BCUT2D eigenvalue weighted by molar-refractivity contribution is -0.130. The van der Waals surface area contributed by atoms with Gasteiger partial charge in [-0.15, -0.1) is 11.3 Å². The number of hydrogen-bond acceptors (Lipinski definition) is 5. The number of likely N-dealkylation sites (tertiary alicyclic amines) is 1. The Balaban J connectivity index is 1.61. The van der Waals surface area contributed by atoms with E-state index in [9.17, 15) is 9.59 Å². The summed E-state index contributed by atoms with van der Waals surface area (Å²) in [5.41, 5.74) is -0.280. The van der Waals surface area contributed by atoms with Gasteiger partial charge in [-0.3, -0.25) is 9.59 Å². The summed E-state index contributed by atoms with van der Waals surface area (Å²) < 4.78 is 10.6. The molecule has 3 heterocycles. The number of nitrogens with zero attached hydrogens (tertiary/aromatic N) is 1. The average Bonchev–Trinajstić information content (AvgIpc) is 3.22. The van der Waals surface area contributed by atoms with Crippen LogP contribution in [0.5, 0.6) is 0 Å². The summed E-state index contributed by atoms with van der Waals surface area (Å²) in [5, 5.41) is 5.25. The number of carbonyl (C=O) groups excluding carboxylic acids is 2. The molecule has 2 saturated heterocycles. The van der Waals surface area contributed by atoms with Crippen LogP contribution >= 0.6 is 11.3 Å². The molecule has 2 aliphatic heterocycles. The molecule has 2 aliphatic rings. The molecule has 2 fully saturated rings. The van der Waals surface area contributed by atoms with E-state index in [0.717, 1.165) is 37.0 Å². The third kappa shape index (κ3) is 4.64. The first-order valence-corrected chi connectivity index (χ1v) is 10.2. The molecule has 0 aliphatic carbocycles. The number of amides is 2. The van der Waals surface area contributed by atoms with Crippen molar-refractivity contribution in [3.8, 4) is 0 Å². The molecule has 0 radical (unpaired) electrons. The van der Waals surface area contributed by atoms with Gasteiger partial charge in [0.15, 0.2) is 0 Å². The number of thiophene rings is 1. The largest absolute Gasteiger partial charge is 0.385 e. The normalized spacial score (nSPS) is 20.7. The van der Waals surface area contributed by atoms with Crippen LogP contribution in [0.1, 0.15) is 41.8 Å². The van der Waals surface area contributed by atoms with Crippen molar-refractivity contribution >= 4 is 23.2 Å². The number of methoxy groups -OCH3 is 1. The van der Waals surface area contributed by atoms with Gasteiger partial charge in [0.1, 0.15) is 0 Å². The van der Waals surface area contributed by atoms with Gasteiger partial charge in [0.2, 0.25) is 5.91 Å². The molecule has 0 unspecified atom stereocenters. The Bertz CT molecular complexity index is 591. The minimum atomic E-state index is -0.280. The van der Waals surface area contributed by atoms with E-state index in [4.69, 9.17) is 9.47 Å². The summed E-state index contributed by atoms with van der Waals surface area (Å²) in [6, 6.07) is 3.77. The van der Waals surface area contributed by atoms with Gasteiger partial charge < -0.3 is 19.7 Å². The maximum atomic E-state index is 12.8. The standard InChI is InChI=1S/C19H28N2O4S/c1-24-13-8-19(20-17(22)15-4-11-25-12-5-15)6-9-21(10-7-19)18(23)16-3-2-14-26-16/h2-3,14-15H,4-13H2,1H3,(H,20,22). The minimum Gasteiger partial charge on any atom is -0.385 e. The van der Waals surface area contributed by atoms with E-state index in [1.807, 2.05) is 22.4 Å². The first-order chi connectivity index (χ1) is 12.6. The van der Waals surface area contributed by atoms with E-state index < -0.39 is 0 Å². The molecule has 144 valence electrons. The number of carbonyl (C=O) groups is 2. The van der Waals surface area contributed by atoms with Gasteiger partial charge >= 0.3 is 0 Å². The van der Waals surface area contributed by atoms with Crippen LogP contribution in [0.15, 0.2) is 17.5 Å². The molecule has 0 spiro atoms. The zero-order valence-electron chi connectivity index (χ0n) is 15.4. The second kappa shape index (κ2) is 8.97. The quantitative estimate of drug-likeness (QED) is 0.822. The van der Waals surface area contributed by atoms with Gasteiger partial charge in [-0.1, -0.05) is 6.07 Å². The SMILES string of the molecule is COCCC1(NC(=O)C2CCOCC2)CCN(C(=O)c2cccs2)CC1. The molecule has 3 rings (SSSR count). The number of rotatable bonds is 6. The monoisotopic (exact) mass is 380 g/mol. The molecule has 7 heteroatoms. The Morgan fingerprint density at radius 1 is 1.35 bits per heavy atom. The van der Waals surface area contributed by atoms with Gasteiger partial charge in [-0.05, 0) is 43.6 Å². The molecule has 1 aromatic rings. The van der Waals surface area contributed by atoms with Crippen molar-refractivity contribution in [3.05, 3.63) is 22.4 Å². The van der Waals surface area contributed by atoms with Crippen molar-refractivity contribution < 1.29 is 19.1 Å². The zero-order chi connectivity index (χ0) is 18.4. The Morgan fingerprint density at radius 2 is 2.08 bits per heavy atom. The third-order valence-corrected chi connectivity index (χ3v) is 6.36. The van der Waals surface area contributed by atoms with Gasteiger partial charge in [-0.2, -0.15) is 0 Å². The number of ether oxygens (including phenoxy) is 2. The topological polar surface area (TPSA) is 67.9 Å². The lowest BCUT2D eigenvalue weighted by atomic mass is 9.83. The number of hydrogen-bond donors (Lipinski definition) is 1. The Morgan fingerprint density at radius 3 is 2.69 bits per heavy atom. The summed E-state index contributed by atoms with van der Waals surface area (Å²) in [7, 11) is 1.68. The first kappa shape index (κ1) is 19.3. The maximum Gasteiger partial charge on any atom is 0.263 e. The van der Waals surface area contributed by atoms with E-state index in [-0.39, 0.29) is 23.3 Å². The van der Waals surface area contributed by atoms with Crippen molar-refractivity contribution in [2.24, 2.45) is 5.92 Å². The zero-order valence-corrected chi connectivity index (χ0v) is 16.2. The molecular formula is C19H28N2O4S. The molecule has 0 bridgehead atoms. The van der Waals surface area contributed by atoms with Crippen LogP contribution < -0.4 is 5.32 Å². The second-order valence-corrected chi connectivity index (χ2v) is 8.12. The first-order valence-electron chi connectivity index (χ1n) is 9.35. The average molecular weight is 381 g/mol. The molecular weight excluding hydrogens is 352 g/mol. The Hall–Kier alpha value is -1.44. The Kier molecular flexibility index (Phi) is 6.67. The number of nitrogens with one attached hydrogen (secondary N) is 1. The lowest BCUT2D eigenvalue weighted by Crippen LogP contribution is -2.58. The van der Waals surface area contributed by atoms with Gasteiger partial charge in [0.25, 0.3) is 5.91 Å². The summed E-state index contributed by atoms with van der Waals surface area (Å²) in [6.07, 6.45) is 3.88. The van der Waals surface area contributed by atoms with Crippen molar-refractivity contribution in [2.75, 3.05) is 40.0 Å². The van der Waals surface area contributed by atoms with E-state index in [0.29, 0.717) is 32.9 Å². The van der Waals surface area contributed by atoms with Crippen LogP contribution in [-0.4, -0.2) is 62.3 Å². The predicted octanol–water partition coefficient (Wildman–Crippen LogP) is 2.30. The van der Waals surface area contributed by atoms with Crippen LogP contribution in [-0.2, 0) is 14.3 Å². The molecule has 0 atom stereocenters. The van der Waals surface area contributed by atoms with Gasteiger partial charge in [0.05, 0.1) is 4.88 Å². The summed E-state index contributed by atoms with van der Waals surface area (Å²) >= 11 is 1.48. The fourth-order valence-electron chi connectivity index (χ4n) is 3.75. The van der Waals surface area contributed by atoms with E-state index >= 15 is 0 Å². The fourth-order valence-corrected chi connectivity index (χ4v) is 4.44. The molecule has 26 heavy (non-hydrogen) atoms. The van der Waals surface area contributed by atoms with Gasteiger partial charge in [-0.25, -0.2) is 0 Å². The highest BCUT2D eigenvalue weighted by atomic mass is 32.1. The second-order valence-electron chi connectivity index (χ2n) is 7.17. The van der Waals surface area contributed by atoms with E-state index in [2.05, 4.69) is 5.32 Å². The summed E-state index contributed by atoms with van der Waals surface area (Å²) in [5.74, 6) is 0.257. The highest BCUT2D eigenvalue weighted by molar-refractivity contribution is 7.12. The smallest absolute Gasteiger partial charge is 0.263 e. The van der Waals surface area contributed by atoms with Crippen LogP contribution in [0.2, 0.25) is 0 Å². The van der Waals surface area contributed by atoms with E-state index in [1.54, 1.807) is 7.11 Å². The predicted molar refractivity (Wildman–Crippen MR) is 100 cm³/mol. The molecule has 1 aromatic heterocycles. The molecule has 1 N–H and O–H groups in total. The maximum absolute atomic E-state index is 12.8. The summed E-state index contributed by atoms with van der Waals surface area (Å²) in [4.78, 5) is 28.0. The summed E-state index contributed by atoms with van der Waals surface area (Å²) in [6.45, 7) is 3.24. The van der Waals surface area contributed by atoms with Crippen LogP contribution in [0.4, 0.5) is 0 Å². The molecule has 0 aromatic carbocycles. The van der Waals surface area contributed by atoms with Crippen molar-refractivity contribution in [2.45, 2.75) is 37.6 Å². The highest BCUT2D eigenvalue weighted by Crippen LogP contribution is 2.29. The van der Waals surface area contributed by atoms with E-state index in [1.165, 1.54) is 11.3 Å². The lowest BCUT2D eigenvalue weighted by Gasteiger charge is -2.43. The molecule has 6 nitrogen and oxygen atoms in total. The van der Waals surface area contributed by atoms with Crippen molar-refractivity contribution in [1.82, 2.24) is 10.2 Å². The highest BCUT2D eigenvalue weighted by Gasteiger charge is 2.38. The molecule has 2 amide bonds. The van der Waals surface area contributed by atoms with Crippen molar-refractivity contribution in [1.29, 1.82) is 0 Å². The van der Waals surface area contributed by atoms with Crippen molar-refractivity contribution in [3.63, 3.8) is 0 Å². The van der Waals surface area contributed by atoms with Crippen LogP contribution in [0, 0.1) is 5.92 Å². The van der Waals surface area contributed by atoms with Crippen LogP contribution in [0.3, 0.4) is 0 Å². The Labute approximate surface area is 158 Å². The van der Waals surface area contributed by atoms with Crippen LogP contribution in [0.25, 0.3) is 0 Å². The molecule has 0 saturated carbocycles. The minimum absolute atomic E-state index is 0.0361. The third-order valence-electron chi connectivity index (χ3n) is 5.50. The van der Waals surface area contributed by atoms with Gasteiger partial charge in [0, 0.05) is 51.5 Å². The number of piperidine rings is 1.